The summed E-state index contributed by atoms with van der Waals surface area (Å²) < 4.78 is 30.1. The van der Waals surface area contributed by atoms with E-state index < -0.39 is 15.7 Å². The molecular formula is C21H21N3O5S. The zero-order valence-electron chi connectivity index (χ0n) is 16.1. The third-order valence-corrected chi connectivity index (χ3v) is 5.85. The third-order valence-electron chi connectivity index (χ3n) is 4.20. The molecule has 2 heterocycles. The Morgan fingerprint density at radius 1 is 0.933 bits per heavy atom. The van der Waals surface area contributed by atoms with Gasteiger partial charge in [0.15, 0.2) is 15.6 Å². The molecule has 0 unspecified atom stereocenters. The Bertz CT molecular complexity index is 1100. The maximum atomic E-state index is 12.4. The fraction of sp³-hybridized carbons (Fsp3) is 0.190. The van der Waals surface area contributed by atoms with Crippen molar-refractivity contribution in [3.63, 3.8) is 0 Å². The lowest BCUT2D eigenvalue weighted by Crippen LogP contribution is -2.30. The Morgan fingerprint density at radius 3 is 2.40 bits per heavy atom. The van der Waals surface area contributed by atoms with Crippen LogP contribution in [-0.2, 0) is 26.9 Å². The van der Waals surface area contributed by atoms with Gasteiger partial charge in [-0.3, -0.25) is 14.6 Å². The van der Waals surface area contributed by atoms with Crippen molar-refractivity contribution >= 4 is 21.7 Å². The molecule has 0 aliphatic rings. The van der Waals surface area contributed by atoms with Crippen LogP contribution >= 0.6 is 0 Å². The zero-order valence-corrected chi connectivity index (χ0v) is 16.9. The second kappa shape index (κ2) is 9.84. The lowest BCUT2D eigenvalue weighted by molar-refractivity contribution is -0.121. The minimum Gasteiger partial charge on any atom is -0.455 e. The van der Waals surface area contributed by atoms with Gasteiger partial charge < -0.3 is 15.1 Å². The summed E-state index contributed by atoms with van der Waals surface area (Å²) >= 11 is 0. The van der Waals surface area contributed by atoms with Crippen molar-refractivity contribution in [3.05, 3.63) is 84.1 Å². The smallest absolute Gasteiger partial charge is 0.287 e. The van der Waals surface area contributed by atoms with Gasteiger partial charge in [0.1, 0.15) is 11.5 Å². The van der Waals surface area contributed by atoms with E-state index in [1.54, 1.807) is 42.7 Å². The van der Waals surface area contributed by atoms with Crippen LogP contribution < -0.4 is 10.6 Å². The molecular weight excluding hydrogens is 406 g/mol. The van der Waals surface area contributed by atoms with Crippen molar-refractivity contribution in [3.8, 4) is 0 Å². The van der Waals surface area contributed by atoms with Gasteiger partial charge in [-0.15, -0.1) is 0 Å². The molecule has 0 spiro atoms. The monoisotopic (exact) mass is 427 g/mol. The van der Waals surface area contributed by atoms with E-state index >= 15 is 0 Å². The first-order valence-electron chi connectivity index (χ1n) is 9.24. The number of hydrogen-bond donors (Lipinski definition) is 2. The highest BCUT2D eigenvalue weighted by Crippen LogP contribution is 2.18. The lowest BCUT2D eigenvalue weighted by atomic mass is 10.2. The molecule has 2 N–H and O–H groups in total. The Morgan fingerprint density at radius 2 is 1.67 bits per heavy atom. The number of aromatic nitrogens is 1. The summed E-state index contributed by atoms with van der Waals surface area (Å²) in [4.78, 5) is 28.1. The summed E-state index contributed by atoms with van der Waals surface area (Å²) in [5.74, 6) is -0.909. The van der Waals surface area contributed by atoms with E-state index in [-0.39, 0.29) is 41.0 Å². The molecule has 0 aliphatic heterocycles. The molecule has 9 heteroatoms. The number of carbonyl (C=O) groups excluding carboxylic acids is 2. The molecule has 2 aromatic heterocycles. The van der Waals surface area contributed by atoms with E-state index in [2.05, 4.69) is 15.6 Å². The second-order valence-electron chi connectivity index (χ2n) is 6.48. The van der Waals surface area contributed by atoms with Crippen LogP contribution in [-0.4, -0.2) is 31.8 Å². The van der Waals surface area contributed by atoms with E-state index in [9.17, 15) is 18.0 Å². The normalized spacial score (nSPS) is 11.1. The molecule has 156 valence electrons. The Hall–Kier alpha value is -3.46. The summed E-state index contributed by atoms with van der Waals surface area (Å²) in [5, 5.41) is 5.33. The van der Waals surface area contributed by atoms with Crippen molar-refractivity contribution in [2.75, 3.05) is 6.54 Å². The molecule has 0 saturated heterocycles. The standard InChI is InChI=1S/C21H21N3O5S/c25-20(24-14-16-8-11-22-12-9-16)10-13-23-21(26)19-7-6-17(29-19)15-30(27,28)18-4-2-1-3-5-18/h1-9,11-12H,10,13-15H2,(H,23,26)(H,24,25). The Kier molecular flexibility index (Phi) is 6.97. The predicted molar refractivity (Wildman–Crippen MR) is 109 cm³/mol. The maximum absolute atomic E-state index is 12.4. The Labute approximate surface area is 174 Å². The van der Waals surface area contributed by atoms with Crippen molar-refractivity contribution in [1.82, 2.24) is 15.6 Å². The summed E-state index contributed by atoms with van der Waals surface area (Å²) in [6.07, 6.45) is 3.39. The van der Waals surface area contributed by atoms with Crippen LogP contribution in [0.4, 0.5) is 0 Å². The van der Waals surface area contributed by atoms with Crippen molar-refractivity contribution in [2.24, 2.45) is 0 Å². The second-order valence-corrected chi connectivity index (χ2v) is 8.47. The fourth-order valence-corrected chi connectivity index (χ4v) is 3.91. The number of rotatable bonds is 9. The first kappa shape index (κ1) is 21.3. The quantitative estimate of drug-likeness (QED) is 0.540. The first-order chi connectivity index (χ1) is 14.4. The highest BCUT2D eigenvalue weighted by molar-refractivity contribution is 7.90. The molecule has 0 bridgehead atoms. The van der Waals surface area contributed by atoms with Crippen LogP contribution in [0, 0.1) is 0 Å². The van der Waals surface area contributed by atoms with E-state index in [1.807, 2.05) is 0 Å². The molecule has 0 atom stereocenters. The summed E-state index contributed by atoms with van der Waals surface area (Å²) in [5.41, 5.74) is 0.927. The average molecular weight is 427 g/mol. The fourth-order valence-electron chi connectivity index (χ4n) is 2.64. The third kappa shape index (κ3) is 6.02. The van der Waals surface area contributed by atoms with Gasteiger partial charge in [-0.25, -0.2) is 8.42 Å². The minimum atomic E-state index is -3.57. The molecule has 30 heavy (non-hydrogen) atoms. The number of hydrogen-bond acceptors (Lipinski definition) is 6. The van der Waals surface area contributed by atoms with E-state index in [4.69, 9.17) is 4.42 Å². The number of nitrogens with zero attached hydrogens (tertiary/aromatic N) is 1. The van der Waals surface area contributed by atoms with Gasteiger partial charge in [-0.05, 0) is 42.0 Å². The molecule has 0 fully saturated rings. The number of amides is 2. The van der Waals surface area contributed by atoms with Crippen molar-refractivity contribution < 1.29 is 22.4 Å². The van der Waals surface area contributed by atoms with Gasteiger partial charge in [0, 0.05) is 31.9 Å². The predicted octanol–water partition coefficient (Wildman–Crippen LogP) is 2.08. The zero-order chi connectivity index (χ0) is 21.4. The van der Waals surface area contributed by atoms with Crippen LogP contribution in [0.5, 0.6) is 0 Å². The van der Waals surface area contributed by atoms with Crippen LogP contribution in [0.25, 0.3) is 0 Å². The van der Waals surface area contributed by atoms with Gasteiger partial charge >= 0.3 is 0 Å². The molecule has 3 rings (SSSR count). The minimum absolute atomic E-state index is 0.00884. The van der Waals surface area contributed by atoms with E-state index in [0.717, 1.165) is 5.56 Å². The number of nitrogens with one attached hydrogen (secondary N) is 2. The van der Waals surface area contributed by atoms with Crippen LogP contribution in [0.2, 0.25) is 0 Å². The Balaban J connectivity index is 1.45. The number of carbonyl (C=O) groups is 2. The van der Waals surface area contributed by atoms with Crippen molar-refractivity contribution in [1.29, 1.82) is 0 Å². The summed E-state index contributed by atoms with van der Waals surface area (Å²) in [7, 11) is -3.57. The van der Waals surface area contributed by atoms with Gasteiger partial charge in [-0.2, -0.15) is 0 Å². The molecule has 0 aliphatic carbocycles. The largest absolute Gasteiger partial charge is 0.455 e. The number of pyridine rings is 1. The van der Waals surface area contributed by atoms with E-state index in [0.29, 0.717) is 6.54 Å². The molecule has 1 aromatic carbocycles. The van der Waals surface area contributed by atoms with Gasteiger partial charge in [-0.1, -0.05) is 18.2 Å². The summed E-state index contributed by atoms with van der Waals surface area (Å²) in [6.45, 7) is 0.506. The lowest BCUT2D eigenvalue weighted by Gasteiger charge is -2.06. The highest BCUT2D eigenvalue weighted by atomic mass is 32.2. The van der Waals surface area contributed by atoms with E-state index in [1.165, 1.54) is 24.3 Å². The van der Waals surface area contributed by atoms with Crippen LogP contribution in [0.15, 0.2) is 76.3 Å². The molecule has 3 aromatic rings. The molecule has 2 amide bonds. The first-order valence-corrected chi connectivity index (χ1v) is 10.9. The van der Waals surface area contributed by atoms with Gasteiger partial charge in [0.2, 0.25) is 5.91 Å². The molecule has 0 saturated carbocycles. The van der Waals surface area contributed by atoms with Crippen molar-refractivity contribution in [2.45, 2.75) is 23.6 Å². The number of furan rings is 1. The topological polar surface area (TPSA) is 118 Å². The average Bonchev–Trinajstić information content (AvgIpc) is 3.21. The molecule has 0 radical (unpaired) electrons. The van der Waals surface area contributed by atoms with Crippen LogP contribution in [0.1, 0.15) is 28.3 Å². The van der Waals surface area contributed by atoms with Crippen LogP contribution in [0.3, 0.4) is 0 Å². The summed E-state index contributed by atoms with van der Waals surface area (Å²) in [6, 6.07) is 14.5. The molecule has 8 nitrogen and oxygen atoms in total. The number of benzene rings is 1. The SMILES string of the molecule is O=C(CCNC(=O)c1ccc(CS(=O)(=O)c2ccccc2)o1)NCc1ccncc1. The number of sulfone groups is 1. The van der Waals surface area contributed by atoms with Gasteiger partial charge in [0.05, 0.1) is 4.90 Å². The van der Waals surface area contributed by atoms with Gasteiger partial charge in [0.25, 0.3) is 5.91 Å². The highest BCUT2D eigenvalue weighted by Gasteiger charge is 2.19. The maximum Gasteiger partial charge on any atom is 0.287 e.